The molecule has 2 heterocycles. The number of carbonyl (C=O) groups is 1. The molecule has 2 atom stereocenters. The first-order valence-electron chi connectivity index (χ1n) is 6.93. The van der Waals surface area contributed by atoms with Gasteiger partial charge in [-0.25, -0.2) is 0 Å². The number of aliphatic hydroxyl groups is 1. The van der Waals surface area contributed by atoms with Crippen LogP contribution in [-0.2, 0) is 9.53 Å². The maximum atomic E-state index is 11.6. The summed E-state index contributed by atoms with van der Waals surface area (Å²) in [6, 6.07) is -0.247. The number of hydrogen-bond acceptors (Lipinski definition) is 5. The number of esters is 1. The third-order valence-corrected chi connectivity index (χ3v) is 3.97. The zero-order valence-corrected chi connectivity index (χ0v) is 11.2. The summed E-state index contributed by atoms with van der Waals surface area (Å²) >= 11 is 0. The molecular weight excluding hydrogens is 232 g/mol. The maximum Gasteiger partial charge on any atom is 0.323 e. The number of ether oxygens (including phenoxy) is 1. The lowest BCUT2D eigenvalue weighted by Gasteiger charge is -2.23. The van der Waals surface area contributed by atoms with Gasteiger partial charge in [-0.3, -0.25) is 9.69 Å². The van der Waals surface area contributed by atoms with E-state index in [0.29, 0.717) is 13.0 Å². The van der Waals surface area contributed by atoms with Gasteiger partial charge in [-0.2, -0.15) is 0 Å². The summed E-state index contributed by atoms with van der Waals surface area (Å²) in [5, 5.41) is 9.67. The Labute approximate surface area is 109 Å². The summed E-state index contributed by atoms with van der Waals surface area (Å²) in [5.41, 5.74) is 0. The van der Waals surface area contributed by atoms with Crippen molar-refractivity contribution in [2.45, 2.75) is 37.8 Å². The Bertz CT molecular complexity index is 279. The van der Waals surface area contributed by atoms with E-state index in [2.05, 4.69) is 9.80 Å². The minimum atomic E-state index is -0.388. The van der Waals surface area contributed by atoms with Gasteiger partial charge in [-0.05, 0) is 38.9 Å². The predicted molar refractivity (Wildman–Crippen MR) is 68.3 cm³/mol. The molecule has 2 unspecified atom stereocenters. The van der Waals surface area contributed by atoms with Gasteiger partial charge in [0.2, 0.25) is 0 Å². The molecule has 0 aromatic heterocycles. The number of carbonyl (C=O) groups excluding carboxylic acids is 1. The first-order valence-corrected chi connectivity index (χ1v) is 6.93. The molecule has 18 heavy (non-hydrogen) atoms. The molecule has 2 aliphatic rings. The van der Waals surface area contributed by atoms with Crippen molar-refractivity contribution in [2.75, 3.05) is 39.8 Å². The van der Waals surface area contributed by atoms with Gasteiger partial charge >= 0.3 is 5.97 Å². The number of aliphatic hydroxyl groups excluding tert-OH is 1. The van der Waals surface area contributed by atoms with Crippen LogP contribution < -0.4 is 0 Å². The molecule has 104 valence electrons. The lowest BCUT2D eigenvalue weighted by Crippen LogP contribution is -2.38. The molecule has 0 spiro atoms. The van der Waals surface area contributed by atoms with Crippen LogP contribution in [-0.4, -0.2) is 72.9 Å². The van der Waals surface area contributed by atoms with Crippen LogP contribution in [0.1, 0.15) is 25.7 Å². The highest BCUT2D eigenvalue weighted by atomic mass is 16.5. The third kappa shape index (κ3) is 3.43. The Morgan fingerprint density at radius 2 is 2.06 bits per heavy atom. The fraction of sp³-hybridized carbons (Fsp3) is 0.923. The zero-order chi connectivity index (χ0) is 13.0. The number of hydrogen-bond donors (Lipinski definition) is 1. The summed E-state index contributed by atoms with van der Waals surface area (Å²) in [6.45, 7) is 4.99. The Kier molecular flexibility index (Phi) is 4.97. The fourth-order valence-electron chi connectivity index (χ4n) is 3.01. The minimum Gasteiger partial charge on any atom is -0.468 e. The van der Waals surface area contributed by atoms with Gasteiger partial charge in [0.25, 0.3) is 0 Å². The average Bonchev–Trinajstić information content (AvgIpc) is 2.98. The molecule has 2 rings (SSSR count). The van der Waals surface area contributed by atoms with Crippen molar-refractivity contribution in [3.8, 4) is 0 Å². The van der Waals surface area contributed by atoms with Crippen LogP contribution in [0.2, 0.25) is 0 Å². The zero-order valence-electron chi connectivity index (χ0n) is 11.2. The van der Waals surface area contributed by atoms with Crippen LogP contribution in [0.3, 0.4) is 0 Å². The number of β-amino-alcohol motifs (C(OH)–C–C–N with tert-alkyl or cyclic N) is 1. The number of nitrogens with zero attached hydrogens (tertiary/aromatic N) is 2. The molecule has 0 amide bonds. The summed E-state index contributed by atoms with van der Waals surface area (Å²) in [7, 11) is 1.41. The Morgan fingerprint density at radius 1 is 1.33 bits per heavy atom. The van der Waals surface area contributed by atoms with Crippen LogP contribution in [0.4, 0.5) is 0 Å². The monoisotopic (exact) mass is 256 g/mol. The van der Waals surface area contributed by atoms with Crippen molar-refractivity contribution in [2.24, 2.45) is 0 Å². The van der Waals surface area contributed by atoms with Crippen LogP contribution in [0.15, 0.2) is 0 Å². The second-order valence-electron chi connectivity index (χ2n) is 5.33. The highest BCUT2D eigenvalue weighted by molar-refractivity contribution is 5.76. The molecule has 2 aliphatic heterocycles. The van der Waals surface area contributed by atoms with E-state index in [-0.39, 0.29) is 18.1 Å². The van der Waals surface area contributed by atoms with Crippen molar-refractivity contribution >= 4 is 5.97 Å². The average molecular weight is 256 g/mol. The van der Waals surface area contributed by atoms with Gasteiger partial charge in [0.05, 0.1) is 13.2 Å². The minimum absolute atomic E-state index is 0.215. The van der Waals surface area contributed by atoms with Gasteiger partial charge < -0.3 is 14.7 Å². The second kappa shape index (κ2) is 6.50. The summed E-state index contributed by atoms with van der Waals surface area (Å²) in [6.07, 6.45) is 3.80. The first kappa shape index (κ1) is 13.8. The second-order valence-corrected chi connectivity index (χ2v) is 5.33. The lowest BCUT2D eigenvalue weighted by molar-refractivity contribution is -0.145. The molecule has 0 saturated carbocycles. The van der Waals surface area contributed by atoms with Gasteiger partial charge in [0.1, 0.15) is 6.04 Å². The quantitative estimate of drug-likeness (QED) is 0.706. The lowest BCUT2D eigenvalue weighted by atomic mass is 10.2. The van der Waals surface area contributed by atoms with Crippen LogP contribution >= 0.6 is 0 Å². The van der Waals surface area contributed by atoms with Crippen molar-refractivity contribution < 1.29 is 14.6 Å². The number of rotatable bonds is 5. The molecular formula is C13H24N2O3. The molecule has 0 aromatic carbocycles. The SMILES string of the molecule is COC(=O)C1CC(O)CN1CCCN1CCCC1. The van der Waals surface area contributed by atoms with Gasteiger partial charge in [-0.1, -0.05) is 0 Å². The van der Waals surface area contributed by atoms with E-state index in [1.165, 1.54) is 33.0 Å². The fourth-order valence-corrected chi connectivity index (χ4v) is 3.01. The first-order chi connectivity index (χ1) is 8.70. The highest BCUT2D eigenvalue weighted by Crippen LogP contribution is 2.19. The smallest absolute Gasteiger partial charge is 0.323 e. The van der Waals surface area contributed by atoms with Crippen molar-refractivity contribution in [3.05, 3.63) is 0 Å². The van der Waals surface area contributed by atoms with E-state index in [9.17, 15) is 9.90 Å². The van der Waals surface area contributed by atoms with Crippen molar-refractivity contribution in [1.82, 2.24) is 9.80 Å². The Morgan fingerprint density at radius 3 is 2.72 bits per heavy atom. The normalized spacial score (nSPS) is 29.9. The van der Waals surface area contributed by atoms with E-state index in [1.54, 1.807) is 0 Å². The van der Waals surface area contributed by atoms with Crippen LogP contribution in [0.5, 0.6) is 0 Å². The highest BCUT2D eigenvalue weighted by Gasteiger charge is 2.36. The maximum absolute atomic E-state index is 11.6. The van der Waals surface area contributed by atoms with Gasteiger partial charge in [-0.15, -0.1) is 0 Å². The summed E-state index contributed by atoms with van der Waals surface area (Å²) in [4.78, 5) is 16.1. The van der Waals surface area contributed by atoms with Crippen molar-refractivity contribution in [1.29, 1.82) is 0 Å². The standard InChI is InChI=1S/C13H24N2O3/c1-18-13(17)12-9-11(16)10-15(12)8-4-7-14-5-2-3-6-14/h11-12,16H,2-10H2,1H3. The largest absolute Gasteiger partial charge is 0.468 e. The van der Waals surface area contributed by atoms with E-state index in [0.717, 1.165) is 19.5 Å². The van der Waals surface area contributed by atoms with Gasteiger partial charge in [0, 0.05) is 19.5 Å². The van der Waals surface area contributed by atoms with E-state index < -0.39 is 0 Å². The molecule has 2 fully saturated rings. The Hall–Kier alpha value is -0.650. The molecule has 0 bridgehead atoms. The van der Waals surface area contributed by atoms with E-state index in [1.807, 2.05) is 0 Å². The van der Waals surface area contributed by atoms with Gasteiger partial charge in [0.15, 0.2) is 0 Å². The molecule has 0 aliphatic carbocycles. The van der Waals surface area contributed by atoms with E-state index in [4.69, 9.17) is 4.74 Å². The molecule has 0 radical (unpaired) electrons. The molecule has 5 heteroatoms. The van der Waals surface area contributed by atoms with Crippen LogP contribution in [0, 0.1) is 0 Å². The summed E-state index contributed by atoms with van der Waals surface area (Å²) < 4.78 is 4.79. The summed E-state index contributed by atoms with van der Waals surface area (Å²) in [5.74, 6) is -0.215. The van der Waals surface area contributed by atoms with Crippen molar-refractivity contribution in [3.63, 3.8) is 0 Å². The number of likely N-dealkylation sites (tertiary alicyclic amines) is 2. The topological polar surface area (TPSA) is 53.0 Å². The number of methoxy groups -OCH3 is 1. The predicted octanol–water partition coefficient (Wildman–Crippen LogP) is 0.0805. The third-order valence-electron chi connectivity index (χ3n) is 3.97. The Balaban J connectivity index is 1.74. The molecule has 2 saturated heterocycles. The molecule has 1 N–H and O–H groups in total. The van der Waals surface area contributed by atoms with E-state index >= 15 is 0 Å². The van der Waals surface area contributed by atoms with Crippen LogP contribution in [0.25, 0.3) is 0 Å². The molecule has 0 aromatic rings. The molecule has 5 nitrogen and oxygen atoms in total.